The van der Waals surface area contributed by atoms with Crippen LogP contribution in [-0.2, 0) is 11.2 Å². The van der Waals surface area contributed by atoms with Crippen molar-refractivity contribution in [2.45, 2.75) is 6.92 Å². The normalized spacial score (nSPS) is 16.3. The van der Waals surface area contributed by atoms with Gasteiger partial charge in [0.2, 0.25) is 0 Å². The summed E-state index contributed by atoms with van der Waals surface area (Å²) in [5, 5.41) is 3.95. The van der Waals surface area contributed by atoms with Crippen molar-refractivity contribution in [1.29, 1.82) is 0 Å². The van der Waals surface area contributed by atoms with E-state index < -0.39 is 11.2 Å². The number of aryl methyl sites for hydroxylation is 1. The van der Waals surface area contributed by atoms with Crippen LogP contribution in [0.3, 0.4) is 0 Å². The van der Waals surface area contributed by atoms with Crippen LogP contribution in [0, 0.1) is 6.92 Å². The number of carbonyl (C=O) groups excluding carboxylic acids is 1. The molecule has 1 atom stereocenters. The van der Waals surface area contributed by atoms with Gasteiger partial charge in [0.25, 0.3) is 5.91 Å². The number of benzene rings is 2. The zero-order valence-corrected chi connectivity index (χ0v) is 19.2. The minimum Gasteiger partial charge on any atom is -0.322 e. The van der Waals surface area contributed by atoms with Crippen molar-refractivity contribution in [2.75, 3.05) is 29.8 Å². The Kier molecular flexibility index (Phi) is 5.62. The molecule has 3 heterocycles. The van der Waals surface area contributed by atoms with E-state index in [1.165, 1.54) is 0 Å². The zero-order chi connectivity index (χ0) is 22.9. The lowest BCUT2D eigenvalue weighted by molar-refractivity contribution is 0.102. The molecular formula is C25H23N5O2S. The highest BCUT2D eigenvalue weighted by molar-refractivity contribution is 7.84. The summed E-state index contributed by atoms with van der Waals surface area (Å²) in [5.41, 5.74) is 5.78. The number of nitrogens with zero attached hydrogens (tertiary/aromatic N) is 4. The molecule has 0 radical (unpaired) electrons. The fourth-order valence-electron chi connectivity index (χ4n) is 3.93. The Morgan fingerprint density at radius 3 is 2.58 bits per heavy atom. The molecule has 0 aliphatic carbocycles. The van der Waals surface area contributed by atoms with Gasteiger partial charge in [0.1, 0.15) is 0 Å². The van der Waals surface area contributed by atoms with E-state index in [4.69, 9.17) is 0 Å². The molecule has 1 amide bonds. The molecule has 0 bridgehead atoms. The number of hydrogen-bond acceptors (Lipinski definition) is 4. The summed E-state index contributed by atoms with van der Waals surface area (Å²) in [7, 11) is 1.83. The lowest BCUT2D eigenvalue weighted by atomic mass is 10.0. The number of likely N-dealkylation sites (N-methyl/N-ethyl adjacent to an activating group) is 1. The van der Waals surface area contributed by atoms with Crippen molar-refractivity contribution < 1.29 is 9.00 Å². The third-order valence-electron chi connectivity index (χ3n) is 5.77. The Labute approximate surface area is 194 Å². The number of carbonyl (C=O) groups is 1. The van der Waals surface area contributed by atoms with Crippen molar-refractivity contribution >= 4 is 39.4 Å². The molecule has 166 valence electrons. The monoisotopic (exact) mass is 457 g/mol. The molecule has 7 nitrogen and oxygen atoms in total. The molecule has 1 unspecified atom stereocenters. The Bertz CT molecular complexity index is 1370. The fraction of sp³-hybridized carbons (Fsp3) is 0.160. The lowest BCUT2D eigenvalue weighted by Gasteiger charge is -2.16. The van der Waals surface area contributed by atoms with Crippen LogP contribution in [-0.4, -0.2) is 44.5 Å². The molecule has 1 fully saturated rings. The average molecular weight is 458 g/mol. The van der Waals surface area contributed by atoms with Crippen molar-refractivity contribution in [2.24, 2.45) is 0 Å². The van der Waals surface area contributed by atoms with Crippen molar-refractivity contribution in [3.8, 4) is 11.3 Å². The predicted octanol–water partition coefficient (Wildman–Crippen LogP) is 4.19. The number of hydrogen-bond donors (Lipinski definition) is 1. The number of nitrogens with one attached hydrogen (secondary N) is 1. The van der Waals surface area contributed by atoms with Gasteiger partial charge in [-0.05, 0) is 67.1 Å². The van der Waals surface area contributed by atoms with Crippen LogP contribution in [0.1, 0.15) is 15.9 Å². The van der Waals surface area contributed by atoms with Gasteiger partial charge >= 0.3 is 0 Å². The molecule has 5 rings (SSSR count). The van der Waals surface area contributed by atoms with E-state index in [1.807, 2.05) is 66.8 Å². The number of anilines is 2. The number of rotatable bonds is 4. The standard InChI is InChI=1S/C25H23N5O2S/c1-17-5-8-19(16-22(17)24-21-4-3-12-26-23(21)11-13-27-24)28-25(31)18-6-9-20(10-7-18)30-15-14-29(2)33(30)32/h3-13,16H,14-15H2,1-2H3,(H,28,31). The van der Waals surface area contributed by atoms with Gasteiger partial charge in [-0.25, -0.2) is 8.51 Å². The highest BCUT2D eigenvalue weighted by Gasteiger charge is 2.25. The second kappa shape index (κ2) is 8.73. The van der Waals surface area contributed by atoms with Gasteiger partial charge in [-0.3, -0.25) is 19.1 Å². The first-order chi connectivity index (χ1) is 16.0. The summed E-state index contributed by atoms with van der Waals surface area (Å²) in [6.07, 6.45) is 3.52. The molecule has 0 spiro atoms. The van der Waals surface area contributed by atoms with Gasteiger partial charge in [0.05, 0.1) is 16.9 Å². The maximum Gasteiger partial charge on any atom is 0.255 e. The van der Waals surface area contributed by atoms with E-state index in [1.54, 1.807) is 28.8 Å². The van der Waals surface area contributed by atoms with Crippen LogP contribution in [0.15, 0.2) is 73.1 Å². The van der Waals surface area contributed by atoms with E-state index in [2.05, 4.69) is 15.3 Å². The molecule has 1 N–H and O–H groups in total. The van der Waals surface area contributed by atoms with Gasteiger partial charge in [0, 0.05) is 54.7 Å². The Morgan fingerprint density at radius 1 is 1.00 bits per heavy atom. The first-order valence-corrected chi connectivity index (χ1v) is 11.7. The highest BCUT2D eigenvalue weighted by atomic mass is 32.2. The number of fused-ring (bicyclic) bond motifs is 1. The van der Waals surface area contributed by atoms with Crippen LogP contribution >= 0.6 is 0 Å². The molecule has 1 aliphatic rings. The van der Waals surface area contributed by atoms with Crippen LogP contribution in [0.25, 0.3) is 22.2 Å². The van der Waals surface area contributed by atoms with Crippen molar-refractivity contribution in [3.05, 3.63) is 84.2 Å². The van der Waals surface area contributed by atoms with E-state index in [0.717, 1.165) is 40.0 Å². The van der Waals surface area contributed by atoms with E-state index >= 15 is 0 Å². The SMILES string of the molecule is Cc1ccc(NC(=O)c2ccc(N3CCN(C)S3=O)cc2)cc1-c1nccc2ncccc12. The molecule has 8 heteroatoms. The quantitative estimate of drug-likeness (QED) is 0.499. The van der Waals surface area contributed by atoms with E-state index in [0.29, 0.717) is 17.8 Å². The summed E-state index contributed by atoms with van der Waals surface area (Å²) in [4.78, 5) is 21.9. The van der Waals surface area contributed by atoms with Crippen LogP contribution in [0.2, 0.25) is 0 Å². The third-order valence-corrected chi connectivity index (χ3v) is 7.26. The summed E-state index contributed by atoms with van der Waals surface area (Å²) < 4.78 is 15.9. The molecule has 1 saturated heterocycles. The fourth-order valence-corrected chi connectivity index (χ4v) is 5.04. The molecule has 1 aliphatic heterocycles. The second-order valence-corrected chi connectivity index (χ2v) is 9.47. The Hall–Kier alpha value is -3.62. The lowest BCUT2D eigenvalue weighted by Crippen LogP contribution is -2.23. The molecule has 2 aromatic heterocycles. The highest BCUT2D eigenvalue weighted by Crippen LogP contribution is 2.30. The summed E-state index contributed by atoms with van der Waals surface area (Å²) in [5.74, 6) is -0.205. The second-order valence-electron chi connectivity index (χ2n) is 7.94. The largest absolute Gasteiger partial charge is 0.322 e. The number of aromatic nitrogens is 2. The van der Waals surface area contributed by atoms with E-state index in [9.17, 15) is 9.00 Å². The maximum atomic E-state index is 12.9. The predicted molar refractivity (Wildman–Crippen MR) is 132 cm³/mol. The van der Waals surface area contributed by atoms with Gasteiger partial charge < -0.3 is 5.32 Å². The maximum absolute atomic E-state index is 12.9. The topological polar surface area (TPSA) is 78.4 Å². The Morgan fingerprint density at radius 2 is 1.82 bits per heavy atom. The van der Waals surface area contributed by atoms with Crippen LogP contribution in [0.5, 0.6) is 0 Å². The first kappa shape index (κ1) is 21.2. The minimum atomic E-state index is -1.18. The van der Waals surface area contributed by atoms with Gasteiger partial charge in [-0.2, -0.15) is 0 Å². The number of pyridine rings is 2. The molecule has 0 saturated carbocycles. The smallest absolute Gasteiger partial charge is 0.255 e. The van der Waals surface area contributed by atoms with Gasteiger partial charge in [-0.1, -0.05) is 6.07 Å². The first-order valence-electron chi connectivity index (χ1n) is 10.6. The van der Waals surface area contributed by atoms with Crippen molar-refractivity contribution in [3.63, 3.8) is 0 Å². The van der Waals surface area contributed by atoms with Gasteiger partial charge in [-0.15, -0.1) is 0 Å². The molecule has 33 heavy (non-hydrogen) atoms. The average Bonchev–Trinajstić information content (AvgIpc) is 3.18. The Balaban J connectivity index is 1.39. The van der Waals surface area contributed by atoms with Crippen LogP contribution < -0.4 is 9.62 Å². The summed E-state index contributed by atoms with van der Waals surface area (Å²) >= 11 is -1.18. The summed E-state index contributed by atoms with van der Waals surface area (Å²) in [6.45, 7) is 3.46. The minimum absolute atomic E-state index is 0.205. The molecule has 4 aromatic rings. The third kappa shape index (κ3) is 4.10. The van der Waals surface area contributed by atoms with Crippen LogP contribution in [0.4, 0.5) is 11.4 Å². The van der Waals surface area contributed by atoms with Gasteiger partial charge in [0.15, 0.2) is 11.2 Å². The van der Waals surface area contributed by atoms with Crippen molar-refractivity contribution in [1.82, 2.24) is 14.3 Å². The molecular weight excluding hydrogens is 434 g/mol. The number of amides is 1. The van der Waals surface area contributed by atoms with E-state index in [-0.39, 0.29) is 5.91 Å². The molecule has 2 aromatic carbocycles. The summed E-state index contributed by atoms with van der Waals surface area (Å²) in [6, 6.07) is 18.8. The zero-order valence-electron chi connectivity index (χ0n) is 18.4.